The van der Waals surface area contributed by atoms with Crippen molar-refractivity contribution >= 4 is 18.0 Å². The lowest BCUT2D eigenvalue weighted by Crippen LogP contribution is -2.58. The molecule has 2 aromatic rings. The van der Waals surface area contributed by atoms with Crippen LogP contribution >= 0.6 is 0 Å². The Morgan fingerprint density at radius 2 is 1.77 bits per heavy atom. The van der Waals surface area contributed by atoms with Gasteiger partial charge in [0.1, 0.15) is 12.1 Å². The minimum absolute atomic E-state index is 0.0200. The molecule has 0 radical (unpaired) electrons. The highest BCUT2D eigenvalue weighted by molar-refractivity contribution is 5.91. The Morgan fingerprint density at radius 1 is 1.14 bits per heavy atom. The molecule has 0 saturated carbocycles. The molecular formula is C27H30N2O6. The van der Waals surface area contributed by atoms with Crippen molar-refractivity contribution in [3.8, 4) is 11.1 Å². The summed E-state index contributed by atoms with van der Waals surface area (Å²) in [6.45, 7) is 4.26. The van der Waals surface area contributed by atoms with E-state index in [1.54, 1.807) is 6.92 Å². The third-order valence-electron chi connectivity index (χ3n) is 7.90. The number of alkyl carbamates (subject to hydrolysis) is 1. The van der Waals surface area contributed by atoms with Gasteiger partial charge in [0.15, 0.2) is 5.60 Å². The minimum atomic E-state index is -1.35. The lowest BCUT2D eigenvalue weighted by molar-refractivity contribution is -0.161. The molecule has 2 saturated heterocycles. The van der Waals surface area contributed by atoms with Crippen LogP contribution < -0.4 is 5.32 Å². The molecule has 3 aliphatic rings. The lowest BCUT2D eigenvalue weighted by atomic mass is 9.91. The fourth-order valence-corrected chi connectivity index (χ4v) is 5.72. The number of hydrogen-bond acceptors (Lipinski definition) is 5. The first-order valence-electron chi connectivity index (χ1n) is 12.1. The topological polar surface area (TPSA) is 105 Å². The van der Waals surface area contributed by atoms with Crippen LogP contribution in [0.2, 0.25) is 0 Å². The summed E-state index contributed by atoms with van der Waals surface area (Å²) in [6.07, 6.45) is 0.254. The van der Waals surface area contributed by atoms with Gasteiger partial charge in [0.2, 0.25) is 5.91 Å². The van der Waals surface area contributed by atoms with E-state index in [9.17, 15) is 19.5 Å². The highest BCUT2D eigenvalue weighted by atomic mass is 16.5. The standard InChI is InChI=1S/C27H30N2O6/c1-3-26(2,23(30)29-14-17-12-13-35-27(17,16-29)24(31)32)28-25(33)34-15-22-20-10-6-4-8-18(20)19-9-5-7-11-21(19)22/h4-11,17,22H,3,12-16H2,1-2H3,(H,28,33)(H,31,32). The first kappa shape index (κ1) is 23.4. The van der Waals surface area contributed by atoms with Crippen molar-refractivity contribution in [2.24, 2.45) is 5.92 Å². The van der Waals surface area contributed by atoms with Crippen molar-refractivity contribution in [3.05, 3.63) is 59.7 Å². The molecule has 35 heavy (non-hydrogen) atoms. The molecule has 1 aliphatic carbocycles. The van der Waals surface area contributed by atoms with E-state index >= 15 is 0 Å². The number of nitrogens with one attached hydrogen (secondary N) is 1. The Hall–Kier alpha value is -3.39. The smallest absolute Gasteiger partial charge is 0.408 e. The zero-order valence-electron chi connectivity index (χ0n) is 20.0. The molecule has 2 amide bonds. The molecule has 8 nitrogen and oxygen atoms in total. The molecule has 0 bridgehead atoms. The summed E-state index contributed by atoms with van der Waals surface area (Å²) < 4.78 is 11.2. The molecule has 0 aromatic heterocycles. The van der Waals surface area contributed by atoms with Crippen molar-refractivity contribution < 1.29 is 29.0 Å². The van der Waals surface area contributed by atoms with Crippen molar-refractivity contribution in [1.82, 2.24) is 10.2 Å². The van der Waals surface area contributed by atoms with Gasteiger partial charge in [0, 0.05) is 25.0 Å². The Kier molecular flexibility index (Phi) is 5.79. The van der Waals surface area contributed by atoms with Gasteiger partial charge in [-0.25, -0.2) is 9.59 Å². The molecule has 0 spiro atoms. The highest BCUT2D eigenvalue weighted by Crippen LogP contribution is 2.44. The number of ether oxygens (including phenoxy) is 2. The summed E-state index contributed by atoms with van der Waals surface area (Å²) in [4.78, 5) is 39.7. The molecule has 3 atom stereocenters. The number of carboxylic acids is 1. The molecule has 2 aromatic carbocycles. The van der Waals surface area contributed by atoms with Crippen molar-refractivity contribution in [1.29, 1.82) is 0 Å². The van der Waals surface area contributed by atoms with Crippen molar-refractivity contribution in [3.63, 3.8) is 0 Å². The Bertz CT molecular complexity index is 1140. The Morgan fingerprint density at radius 3 is 2.34 bits per heavy atom. The van der Waals surface area contributed by atoms with Crippen LogP contribution in [0.3, 0.4) is 0 Å². The van der Waals surface area contributed by atoms with Crippen LogP contribution in [0.5, 0.6) is 0 Å². The lowest BCUT2D eigenvalue weighted by Gasteiger charge is -2.33. The van der Waals surface area contributed by atoms with E-state index in [1.165, 1.54) is 4.90 Å². The van der Waals surface area contributed by atoms with Gasteiger partial charge in [-0.3, -0.25) is 4.79 Å². The van der Waals surface area contributed by atoms with Crippen LogP contribution in [0, 0.1) is 5.92 Å². The van der Waals surface area contributed by atoms with Crippen molar-refractivity contribution in [2.75, 3.05) is 26.3 Å². The third kappa shape index (κ3) is 3.76. The van der Waals surface area contributed by atoms with E-state index in [-0.39, 0.29) is 30.9 Å². The Labute approximate surface area is 204 Å². The summed E-state index contributed by atoms with van der Waals surface area (Å²) in [6, 6.07) is 16.2. The molecule has 2 N–H and O–H groups in total. The van der Waals surface area contributed by atoms with Crippen LogP contribution in [0.25, 0.3) is 11.1 Å². The molecule has 8 heteroatoms. The Balaban J connectivity index is 1.26. The summed E-state index contributed by atoms with van der Waals surface area (Å²) in [5.41, 5.74) is 1.92. The number of amides is 2. The number of carbonyl (C=O) groups is 3. The number of aliphatic carboxylic acids is 1. The average molecular weight is 479 g/mol. The van der Waals surface area contributed by atoms with Gasteiger partial charge in [-0.1, -0.05) is 55.5 Å². The molecule has 184 valence electrons. The van der Waals surface area contributed by atoms with Crippen LogP contribution in [-0.2, 0) is 19.1 Å². The number of rotatable bonds is 6. The predicted octanol–water partition coefficient (Wildman–Crippen LogP) is 3.40. The van der Waals surface area contributed by atoms with Gasteiger partial charge in [-0.05, 0) is 42.0 Å². The van der Waals surface area contributed by atoms with Crippen LogP contribution in [0.4, 0.5) is 4.79 Å². The summed E-state index contributed by atoms with van der Waals surface area (Å²) in [7, 11) is 0. The van der Waals surface area contributed by atoms with Gasteiger partial charge in [0.05, 0.1) is 6.54 Å². The molecule has 2 fully saturated rings. The van der Waals surface area contributed by atoms with E-state index in [0.29, 0.717) is 26.0 Å². The van der Waals surface area contributed by atoms with Gasteiger partial charge < -0.3 is 24.8 Å². The zero-order valence-corrected chi connectivity index (χ0v) is 20.0. The quantitative estimate of drug-likeness (QED) is 0.659. The van der Waals surface area contributed by atoms with E-state index in [4.69, 9.17) is 9.47 Å². The maximum absolute atomic E-state index is 13.4. The molecule has 2 heterocycles. The zero-order chi connectivity index (χ0) is 24.8. The maximum Gasteiger partial charge on any atom is 0.408 e. The third-order valence-corrected chi connectivity index (χ3v) is 7.90. The number of hydrogen-bond donors (Lipinski definition) is 2. The summed E-state index contributed by atoms with van der Waals surface area (Å²) in [5.74, 6) is -1.70. The second kappa shape index (κ2) is 8.68. The predicted molar refractivity (Wildman–Crippen MR) is 128 cm³/mol. The SMILES string of the molecule is CCC(C)(NC(=O)OCC1c2ccccc2-c2ccccc21)C(=O)N1CC2CCOC2(C(=O)O)C1. The van der Waals surface area contributed by atoms with E-state index < -0.39 is 23.2 Å². The van der Waals surface area contributed by atoms with Gasteiger partial charge in [-0.15, -0.1) is 0 Å². The monoisotopic (exact) mass is 478 g/mol. The average Bonchev–Trinajstić information content (AvgIpc) is 3.52. The number of carboxylic acid groups (broad SMARTS) is 1. The molecular weight excluding hydrogens is 448 g/mol. The number of fused-ring (bicyclic) bond motifs is 4. The fraction of sp³-hybridized carbons (Fsp3) is 0.444. The normalized spacial score (nSPS) is 24.3. The van der Waals surface area contributed by atoms with Crippen molar-refractivity contribution in [2.45, 2.75) is 43.7 Å². The van der Waals surface area contributed by atoms with Crippen LogP contribution in [0.1, 0.15) is 43.7 Å². The van der Waals surface area contributed by atoms with Gasteiger partial charge in [-0.2, -0.15) is 0 Å². The number of carbonyl (C=O) groups excluding carboxylic acids is 2. The van der Waals surface area contributed by atoms with Gasteiger partial charge >= 0.3 is 12.1 Å². The van der Waals surface area contributed by atoms with Gasteiger partial charge in [0.25, 0.3) is 0 Å². The van der Waals surface area contributed by atoms with E-state index in [1.807, 2.05) is 43.3 Å². The second-order valence-electron chi connectivity index (χ2n) is 9.85. The fourth-order valence-electron chi connectivity index (χ4n) is 5.72. The number of nitrogens with zero attached hydrogens (tertiary/aromatic N) is 1. The number of benzene rings is 2. The second-order valence-corrected chi connectivity index (χ2v) is 9.85. The van der Waals surface area contributed by atoms with Crippen LogP contribution in [0.15, 0.2) is 48.5 Å². The first-order valence-corrected chi connectivity index (χ1v) is 12.1. The van der Waals surface area contributed by atoms with E-state index in [0.717, 1.165) is 22.3 Å². The highest BCUT2D eigenvalue weighted by Gasteiger charge is 2.59. The van der Waals surface area contributed by atoms with Crippen LogP contribution in [-0.4, -0.2) is 65.4 Å². The molecule has 2 aliphatic heterocycles. The molecule has 3 unspecified atom stereocenters. The largest absolute Gasteiger partial charge is 0.479 e. The maximum atomic E-state index is 13.4. The minimum Gasteiger partial charge on any atom is -0.479 e. The summed E-state index contributed by atoms with van der Waals surface area (Å²) in [5, 5.41) is 12.5. The summed E-state index contributed by atoms with van der Waals surface area (Å²) >= 11 is 0. The number of likely N-dealkylation sites (tertiary alicyclic amines) is 1. The molecule has 5 rings (SSSR count). The van der Waals surface area contributed by atoms with E-state index in [2.05, 4.69) is 17.4 Å². The first-order chi connectivity index (χ1) is 16.8.